The summed E-state index contributed by atoms with van der Waals surface area (Å²) in [6, 6.07) is 4.29. The maximum absolute atomic E-state index is 10.5. The van der Waals surface area contributed by atoms with E-state index in [0.717, 1.165) is 0 Å². The van der Waals surface area contributed by atoms with E-state index in [9.17, 15) is 9.59 Å². The zero-order valence-electron chi connectivity index (χ0n) is 6.15. The van der Waals surface area contributed by atoms with Crippen LogP contribution < -0.4 is 5.73 Å². The first-order valence-corrected chi connectivity index (χ1v) is 3.23. The summed E-state index contributed by atoms with van der Waals surface area (Å²) in [6.07, 6.45) is 0.530. The molecule has 12 heavy (non-hydrogen) atoms. The third-order valence-electron chi connectivity index (χ3n) is 1.50. The van der Waals surface area contributed by atoms with Gasteiger partial charge in [0.05, 0.1) is 11.3 Å². The Balaban J connectivity index is 3.32. The van der Waals surface area contributed by atoms with Gasteiger partial charge >= 0.3 is 5.97 Å². The third kappa shape index (κ3) is 1.27. The number of benzene rings is 1. The molecule has 0 aliphatic carbocycles. The van der Waals surface area contributed by atoms with Crippen molar-refractivity contribution < 1.29 is 14.7 Å². The van der Waals surface area contributed by atoms with Crippen LogP contribution in [0.4, 0.5) is 5.69 Å². The van der Waals surface area contributed by atoms with Crippen LogP contribution in [0.15, 0.2) is 18.2 Å². The fourth-order valence-corrected chi connectivity index (χ4v) is 0.872. The van der Waals surface area contributed by atoms with Gasteiger partial charge in [-0.3, -0.25) is 4.79 Å². The highest BCUT2D eigenvalue weighted by atomic mass is 16.4. The lowest BCUT2D eigenvalue weighted by molar-refractivity contribution is 0.0698. The van der Waals surface area contributed by atoms with Crippen molar-refractivity contribution in [2.45, 2.75) is 0 Å². The lowest BCUT2D eigenvalue weighted by Gasteiger charge is -2.01. The molecular formula is C8H7NO3. The van der Waals surface area contributed by atoms with E-state index in [1.165, 1.54) is 18.2 Å². The Labute approximate surface area is 68.6 Å². The first-order chi connectivity index (χ1) is 5.66. The Morgan fingerprint density at radius 1 is 1.50 bits per heavy atom. The van der Waals surface area contributed by atoms with Crippen LogP contribution in [0.25, 0.3) is 0 Å². The molecule has 62 valence electrons. The molecule has 0 aliphatic rings. The van der Waals surface area contributed by atoms with E-state index < -0.39 is 5.97 Å². The van der Waals surface area contributed by atoms with Gasteiger partial charge in [0, 0.05) is 5.56 Å². The second kappa shape index (κ2) is 3.04. The zero-order chi connectivity index (χ0) is 9.14. The van der Waals surface area contributed by atoms with Crippen LogP contribution in [0.5, 0.6) is 0 Å². The van der Waals surface area contributed by atoms with Crippen molar-refractivity contribution in [3.8, 4) is 0 Å². The number of para-hydroxylation sites is 1. The van der Waals surface area contributed by atoms with Crippen LogP contribution >= 0.6 is 0 Å². The Hall–Kier alpha value is -1.84. The van der Waals surface area contributed by atoms with Crippen molar-refractivity contribution in [3.63, 3.8) is 0 Å². The number of hydrogen-bond donors (Lipinski definition) is 2. The van der Waals surface area contributed by atoms with Gasteiger partial charge in [-0.05, 0) is 12.1 Å². The van der Waals surface area contributed by atoms with Crippen molar-refractivity contribution >= 4 is 17.9 Å². The number of carbonyl (C=O) groups excluding carboxylic acids is 1. The Kier molecular flexibility index (Phi) is 2.09. The topological polar surface area (TPSA) is 80.4 Å². The van der Waals surface area contributed by atoms with Gasteiger partial charge in [0.15, 0.2) is 6.29 Å². The van der Waals surface area contributed by atoms with Crippen molar-refractivity contribution in [2.75, 3.05) is 5.73 Å². The second-order valence-corrected chi connectivity index (χ2v) is 2.23. The highest BCUT2D eigenvalue weighted by Gasteiger charge is 2.09. The fourth-order valence-electron chi connectivity index (χ4n) is 0.872. The molecule has 1 aromatic carbocycles. The van der Waals surface area contributed by atoms with Gasteiger partial charge in [-0.25, -0.2) is 4.79 Å². The largest absolute Gasteiger partial charge is 0.478 e. The van der Waals surface area contributed by atoms with Gasteiger partial charge in [0.1, 0.15) is 0 Å². The van der Waals surface area contributed by atoms with Gasteiger partial charge in [-0.2, -0.15) is 0 Å². The molecule has 0 spiro atoms. The summed E-state index contributed by atoms with van der Waals surface area (Å²) in [5.74, 6) is -1.13. The molecule has 0 atom stereocenters. The maximum atomic E-state index is 10.5. The average Bonchev–Trinajstić information content (AvgIpc) is 2.04. The first-order valence-electron chi connectivity index (χ1n) is 3.23. The van der Waals surface area contributed by atoms with E-state index >= 15 is 0 Å². The minimum atomic E-state index is -1.13. The summed E-state index contributed by atoms with van der Waals surface area (Å²) >= 11 is 0. The van der Waals surface area contributed by atoms with Gasteiger partial charge < -0.3 is 10.8 Å². The fraction of sp³-hybridized carbons (Fsp3) is 0. The molecule has 0 saturated heterocycles. The Morgan fingerprint density at radius 3 is 2.67 bits per heavy atom. The monoisotopic (exact) mass is 165 g/mol. The summed E-state index contributed by atoms with van der Waals surface area (Å²) < 4.78 is 0. The summed E-state index contributed by atoms with van der Waals surface area (Å²) in [5, 5.41) is 8.59. The molecule has 0 radical (unpaired) electrons. The van der Waals surface area contributed by atoms with Gasteiger partial charge in [-0.1, -0.05) is 6.07 Å². The molecule has 0 aromatic heterocycles. The summed E-state index contributed by atoms with van der Waals surface area (Å²) in [6.45, 7) is 0. The van der Waals surface area contributed by atoms with E-state index in [-0.39, 0.29) is 16.8 Å². The van der Waals surface area contributed by atoms with Gasteiger partial charge in [0.25, 0.3) is 0 Å². The molecule has 0 aliphatic heterocycles. The number of carbonyl (C=O) groups is 2. The third-order valence-corrected chi connectivity index (χ3v) is 1.50. The lowest BCUT2D eigenvalue weighted by Crippen LogP contribution is -2.04. The van der Waals surface area contributed by atoms with Crippen molar-refractivity contribution in [1.82, 2.24) is 0 Å². The normalized spacial score (nSPS) is 9.33. The molecule has 1 aromatic rings. The van der Waals surface area contributed by atoms with Crippen LogP contribution in [0.1, 0.15) is 20.7 Å². The highest BCUT2D eigenvalue weighted by Crippen LogP contribution is 2.15. The van der Waals surface area contributed by atoms with Crippen molar-refractivity contribution in [3.05, 3.63) is 29.3 Å². The van der Waals surface area contributed by atoms with Crippen LogP contribution in [0, 0.1) is 0 Å². The van der Waals surface area contributed by atoms with Gasteiger partial charge in [0.2, 0.25) is 0 Å². The van der Waals surface area contributed by atoms with E-state index in [4.69, 9.17) is 10.8 Å². The van der Waals surface area contributed by atoms with E-state index in [0.29, 0.717) is 6.29 Å². The van der Waals surface area contributed by atoms with Gasteiger partial charge in [-0.15, -0.1) is 0 Å². The minimum Gasteiger partial charge on any atom is -0.478 e. The highest BCUT2D eigenvalue weighted by molar-refractivity contribution is 5.98. The Morgan fingerprint density at radius 2 is 2.17 bits per heavy atom. The number of aromatic carboxylic acids is 1. The smallest absolute Gasteiger partial charge is 0.337 e. The second-order valence-electron chi connectivity index (χ2n) is 2.23. The van der Waals surface area contributed by atoms with Crippen LogP contribution in [-0.4, -0.2) is 17.4 Å². The van der Waals surface area contributed by atoms with E-state index in [1.54, 1.807) is 0 Å². The molecule has 1 rings (SSSR count). The number of rotatable bonds is 2. The average molecular weight is 165 g/mol. The number of nitrogen functional groups attached to an aromatic ring is 1. The summed E-state index contributed by atoms with van der Waals surface area (Å²) in [5.41, 5.74) is 5.56. The van der Waals surface area contributed by atoms with Crippen LogP contribution in [0.2, 0.25) is 0 Å². The zero-order valence-corrected chi connectivity index (χ0v) is 6.15. The number of carboxylic acids is 1. The number of hydrogen-bond acceptors (Lipinski definition) is 3. The predicted octanol–water partition coefficient (Wildman–Crippen LogP) is 0.780. The molecule has 0 heterocycles. The number of nitrogens with two attached hydrogens (primary N) is 1. The molecule has 4 nitrogen and oxygen atoms in total. The summed E-state index contributed by atoms with van der Waals surface area (Å²) in [7, 11) is 0. The number of aldehydes is 1. The lowest BCUT2D eigenvalue weighted by atomic mass is 10.1. The molecule has 0 amide bonds. The summed E-state index contributed by atoms with van der Waals surface area (Å²) in [4.78, 5) is 20.8. The van der Waals surface area contributed by atoms with Crippen molar-refractivity contribution in [1.29, 1.82) is 0 Å². The maximum Gasteiger partial charge on any atom is 0.337 e. The number of carboxylic acid groups (broad SMARTS) is 1. The van der Waals surface area contributed by atoms with Crippen LogP contribution in [0.3, 0.4) is 0 Å². The molecule has 4 heteroatoms. The predicted molar refractivity (Wildman–Crippen MR) is 43.2 cm³/mol. The van der Waals surface area contributed by atoms with Crippen LogP contribution in [-0.2, 0) is 0 Å². The van der Waals surface area contributed by atoms with Crippen molar-refractivity contribution in [2.24, 2.45) is 0 Å². The molecule has 0 saturated carbocycles. The SMILES string of the molecule is Nc1c(C=O)cccc1C(=O)O. The minimum absolute atomic E-state index is 0.0139. The molecular weight excluding hydrogens is 158 g/mol. The molecule has 0 fully saturated rings. The standard InChI is InChI=1S/C8H7NO3/c9-7-5(4-10)2-1-3-6(7)8(11)12/h1-4H,9H2,(H,11,12). The Bertz CT molecular complexity index is 333. The molecule has 0 bridgehead atoms. The quantitative estimate of drug-likeness (QED) is 0.501. The molecule has 3 N–H and O–H groups in total. The first kappa shape index (κ1) is 8.26. The number of anilines is 1. The van der Waals surface area contributed by atoms with E-state index in [1.807, 2.05) is 0 Å². The molecule has 0 unspecified atom stereocenters. The van der Waals surface area contributed by atoms with E-state index in [2.05, 4.69) is 0 Å².